The molecule has 0 bridgehead atoms. The highest BCUT2D eigenvalue weighted by Gasteiger charge is 2.34. The molecular weight excluding hydrogens is 378 g/mol. The van der Waals surface area contributed by atoms with Crippen molar-refractivity contribution in [3.8, 4) is 11.8 Å². The Morgan fingerprint density at radius 3 is 2.68 bits per heavy atom. The van der Waals surface area contributed by atoms with Crippen molar-refractivity contribution in [2.45, 2.75) is 19.4 Å². The molecule has 6 nitrogen and oxygen atoms in total. The van der Waals surface area contributed by atoms with Crippen LogP contribution in [0, 0.1) is 18.3 Å². The zero-order chi connectivity index (χ0) is 19.8. The van der Waals surface area contributed by atoms with E-state index < -0.39 is 5.92 Å². The predicted octanol–water partition coefficient (Wildman–Crippen LogP) is 3.67. The lowest BCUT2D eigenvalue weighted by Crippen LogP contribution is -2.33. The zero-order valence-corrected chi connectivity index (χ0v) is 15.7. The minimum atomic E-state index is -0.637. The van der Waals surface area contributed by atoms with Crippen LogP contribution >= 0.6 is 11.6 Å². The molecule has 0 radical (unpaired) electrons. The zero-order valence-electron chi connectivity index (χ0n) is 15.0. The van der Waals surface area contributed by atoms with Crippen LogP contribution in [0.25, 0.3) is 0 Å². The van der Waals surface area contributed by atoms with Crippen LogP contribution in [0.2, 0.25) is 5.02 Å². The van der Waals surface area contributed by atoms with Crippen molar-refractivity contribution in [3.05, 3.63) is 98.1 Å². The summed E-state index contributed by atoms with van der Waals surface area (Å²) in [6, 6.07) is 14.4. The first-order valence-electron chi connectivity index (χ1n) is 8.59. The molecule has 1 aliphatic rings. The van der Waals surface area contributed by atoms with Gasteiger partial charge in [0.2, 0.25) is 5.88 Å². The van der Waals surface area contributed by atoms with Gasteiger partial charge in [-0.3, -0.25) is 4.79 Å². The minimum absolute atomic E-state index is 0.00228. The van der Waals surface area contributed by atoms with Gasteiger partial charge in [0.25, 0.3) is 5.56 Å². The highest BCUT2D eigenvalue weighted by atomic mass is 35.5. The van der Waals surface area contributed by atoms with Gasteiger partial charge in [-0.15, -0.1) is 0 Å². The van der Waals surface area contributed by atoms with Gasteiger partial charge in [0.1, 0.15) is 23.2 Å². The average Bonchev–Trinajstić information content (AvgIpc) is 3.18. The van der Waals surface area contributed by atoms with Crippen molar-refractivity contribution in [1.29, 1.82) is 5.26 Å². The quantitative estimate of drug-likeness (QED) is 0.732. The highest BCUT2D eigenvalue weighted by Crippen LogP contribution is 2.40. The number of allylic oxidation sites excluding steroid dienone is 1. The van der Waals surface area contributed by atoms with E-state index in [0.29, 0.717) is 27.8 Å². The molecule has 0 saturated carbocycles. The van der Waals surface area contributed by atoms with Crippen molar-refractivity contribution >= 4 is 11.6 Å². The fraction of sp³-hybridized carbons (Fsp3) is 0.143. The summed E-state index contributed by atoms with van der Waals surface area (Å²) in [5, 5.41) is 10.2. The van der Waals surface area contributed by atoms with Crippen LogP contribution in [0.3, 0.4) is 0 Å². The van der Waals surface area contributed by atoms with E-state index in [1.807, 2.05) is 6.92 Å². The first-order valence-corrected chi connectivity index (χ1v) is 8.97. The third-order valence-corrected chi connectivity index (χ3v) is 5.04. The summed E-state index contributed by atoms with van der Waals surface area (Å²) in [5.74, 6) is 0.370. The van der Waals surface area contributed by atoms with Crippen LogP contribution in [-0.2, 0) is 6.54 Å². The van der Waals surface area contributed by atoms with Gasteiger partial charge in [0, 0.05) is 16.8 Å². The topological polar surface area (TPSA) is 94.2 Å². The van der Waals surface area contributed by atoms with Crippen LogP contribution in [0.1, 0.15) is 28.5 Å². The van der Waals surface area contributed by atoms with Gasteiger partial charge in [0.05, 0.1) is 24.3 Å². The summed E-state index contributed by atoms with van der Waals surface area (Å²) in [7, 11) is 0. The Morgan fingerprint density at radius 2 is 2.04 bits per heavy atom. The number of ether oxygens (including phenoxy) is 1. The van der Waals surface area contributed by atoms with Gasteiger partial charge >= 0.3 is 0 Å². The molecule has 0 saturated heterocycles. The molecule has 0 amide bonds. The number of furan rings is 1. The van der Waals surface area contributed by atoms with Gasteiger partial charge < -0.3 is 19.5 Å². The van der Waals surface area contributed by atoms with Crippen molar-refractivity contribution in [3.63, 3.8) is 0 Å². The van der Waals surface area contributed by atoms with E-state index in [9.17, 15) is 10.1 Å². The SMILES string of the molecule is Cc1cc2c(c(=O)n1Cc1ccco1)C(c1ccc(Cl)cc1)C(C#N)=C(N)O2. The lowest BCUT2D eigenvalue weighted by molar-refractivity contribution is 0.387. The summed E-state index contributed by atoms with van der Waals surface area (Å²) < 4.78 is 12.6. The molecule has 3 heterocycles. The Morgan fingerprint density at radius 1 is 1.29 bits per heavy atom. The summed E-state index contributed by atoms with van der Waals surface area (Å²) >= 11 is 6.00. The molecule has 7 heteroatoms. The third kappa shape index (κ3) is 2.96. The number of halogens is 1. The Balaban J connectivity index is 1.94. The van der Waals surface area contributed by atoms with E-state index >= 15 is 0 Å². The van der Waals surface area contributed by atoms with E-state index in [4.69, 9.17) is 26.5 Å². The third-order valence-electron chi connectivity index (χ3n) is 4.79. The molecule has 1 aliphatic heterocycles. The Bertz CT molecular complexity index is 1170. The molecule has 2 aromatic heterocycles. The van der Waals surface area contributed by atoms with E-state index in [1.165, 1.54) is 0 Å². The van der Waals surface area contributed by atoms with E-state index in [0.717, 1.165) is 5.56 Å². The maximum atomic E-state index is 13.4. The molecule has 0 fully saturated rings. The number of pyridine rings is 1. The lowest BCUT2D eigenvalue weighted by atomic mass is 9.84. The first kappa shape index (κ1) is 18.0. The van der Waals surface area contributed by atoms with E-state index in [1.54, 1.807) is 53.3 Å². The number of aromatic nitrogens is 1. The standard InChI is InChI=1S/C21H16ClN3O3/c1-12-9-17-19(21(26)25(12)11-15-3-2-8-27-15)18(16(10-23)20(24)28-17)13-4-6-14(22)7-5-13/h2-9,18H,11,24H2,1H3. The number of aryl methyl sites for hydroxylation is 1. The monoisotopic (exact) mass is 393 g/mol. The molecule has 1 unspecified atom stereocenters. The van der Waals surface area contributed by atoms with Crippen molar-refractivity contribution in [1.82, 2.24) is 4.57 Å². The number of hydrogen-bond donors (Lipinski definition) is 1. The second kappa shape index (κ2) is 6.95. The van der Waals surface area contributed by atoms with Gasteiger partial charge in [-0.1, -0.05) is 23.7 Å². The minimum Gasteiger partial charge on any atom is -0.467 e. The number of nitriles is 1. The molecular formula is C21H16ClN3O3. The van der Waals surface area contributed by atoms with Crippen LogP contribution in [0.5, 0.6) is 5.75 Å². The van der Waals surface area contributed by atoms with Crippen molar-refractivity contribution < 1.29 is 9.15 Å². The molecule has 0 aliphatic carbocycles. The maximum absolute atomic E-state index is 13.4. The second-order valence-electron chi connectivity index (χ2n) is 6.51. The highest BCUT2D eigenvalue weighted by molar-refractivity contribution is 6.30. The number of nitrogens with two attached hydrogens (primary N) is 1. The Labute approximate surface area is 166 Å². The van der Waals surface area contributed by atoms with Crippen molar-refractivity contribution in [2.24, 2.45) is 5.73 Å². The number of rotatable bonds is 3. The smallest absolute Gasteiger partial charge is 0.259 e. The Hall–Kier alpha value is -3.43. The normalized spacial score (nSPS) is 15.7. The summed E-state index contributed by atoms with van der Waals surface area (Å²) in [6.07, 6.45) is 1.56. The molecule has 140 valence electrons. The van der Waals surface area contributed by atoms with Crippen LogP contribution in [0.15, 0.2) is 69.4 Å². The maximum Gasteiger partial charge on any atom is 0.259 e. The average molecular weight is 394 g/mol. The van der Waals surface area contributed by atoms with Crippen LogP contribution in [-0.4, -0.2) is 4.57 Å². The first-order chi connectivity index (χ1) is 13.5. The molecule has 2 N–H and O–H groups in total. The van der Waals surface area contributed by atoms with Gasteiger partial charge in [-0.05, 0) is 36.8 Å². The largest absolute Gasteiger partial charge is 0.467 e. The van der Waals surface area contributed by atoms with Gasteiger partial charge in [-0.25, -0.2) is 0 Å². The lowest BCUT2D eigenvalue weighted by Gasteiger charge is -2.27. The molecule has 3 aromatic rings. The number of fused-ring (bicyclic) bond motifs is 1. The summed E-state index contributed by atoms with van der Waals surface area (Å²) in [6.45, 7) is 2.09. The molecule has 1 aromatic carbocycles. The fourth-order valence-electron chi connectivity index (χ4n) is 3.43. The Kier molecular flexibility index (Phi) is 4.46. The second-order valence-corrected chi connectivity index (χ2v) is 6.95. The number of hydrogen-bond acceptors (Lipinski definition) is 5. The fourth-order valence-corrected chi connectivity index (χ4v) is 3.56. The van der Waals surface area contributed by atoms with Crippen LogP contribution in [0.4, 0.5) is 0 Å². The molecule has 4 rings (SSSR count). The predicted molar refractivity (Wildman–Crippen MR) is 104 cm³/mol. The summed E-state index contributed by atoms with van der Waals surface area (Å²) in [4.78, 5) is 13.4. The van der Waals surface area contributed by atoms with Crippen LogP contribution < -0.4 is 16.0 Å². The molecule has 1 atom stereocenters. The van der Waals surface area contributed by atoms with E-state index in [-0.39, 0.29) is 23.6 Å². The molecule has 28 heavy (non-hydrogen) atoms. The van der Waals surface area contributed by atoms with Gasteiger partial charge in [0.15, 0.2) is 0 Å². The van der Waals surface area contributed by atoms with Crippen molar-refractivity contribution in [2.75, 3.05) is 0 Å². The van der Waals surface area contributed by atoms with E-state index in [2.05, 4.69) is 6.07 Å². The molecule has 0 spiro atoms. The van der Waals surface area contributed by atoms with Gasteiger partial charge in [-0.2, -0.15) is 5.26 Å². The number of benzene rings is 1. The number of nitrogens with zero attached hydrogens (tertiary/aromatic N) is 2. The summed E-state index contributed by atoms with van der Waals surface area (Å²) in [5.41, 5.74) is 7.73.